The van der Waals surface area contributed by atoms with Gasteiger partial charge in [0.25, 0.3) is 0 Å². The maximum Gasteiger partial charge on any atom is 0.225 e. The van der Waals surface area contributed by atoms with E-state index in [0.29, 0.717) is 18.8 Å². The molecule has 7 nitrogen and oxygen atoms in total. The van der Waals surface area contributed by atoms with Crippen molar-refractivity contribution in [2.24, 2.45) is 0 Å². The first-order valence-corrected chi connectivity index (χ1v) is 10.5. The smallest absolute Gasteiger partial charge is 0.225 e. The number of methoxy groups -OCH3 is 1. The lowest BCUT2D eigenvalue weighted by molar-refractivity contribution is -0.120. The first-order valence-electron chi connectivity index (χ1n) is 8.83. The number of hydrogen-bond acceptors (Lipinski definition) is 5. The zero-order valence-electron chi connectivity index (χ0n) is 15.7. The van der Waals surface area contributed by atoms with Crippen LogP contribution in [0.2, 0.25) is 0 Å². The van der Waals surface area contributed by atoms with Crippen molar-refractivity contribution in [2.75, 3.05) is 31.3 Å². The molecule has 2 rings (SSSR count). The van der Waals surface area contributed by atoms with Crippen LogP contribution in [-0.2, 0) is 30.6 Å². The van der Waals surface area contributed by atoms with Crippen molar-refractivity contribution >= 4 is 27.3 Å². The van der Waals surface area contributed by atoms with Crippen molar-refractivity contribution in [3.8, 4) is 0 Å². The maximum absolute atomic E-state index is 12.2. The average molecular weight is 404 g/mol. The Morgan fingerprint density at radius 2 is 1.64 bits per heavy atom. The molecule has 0 aliphatic rings. The van der Waals surface area contributed by atoms with Crippen LogP contribution in [0.15, 0.2) is 59.5 Å². The number of carbonyl (C=O) groups is 2. The standard InChI is InChI=1S/C20H24N2O5S/c1-27-13-12-21-20(24)15-16-7-9-17(10-8-16)22-19(23)11-14-28(25,26)18-5-3-2-4-6-18/h2-10H,11-15H2,1H3,(H,21,24)(H,22,23). The van der Waals surface area contributed by atoms with Crippen molar-refractivity contribution in [1.82, 2.24) is 5.32 Å². The fourth-order valence-electron chi connectivity index (χ4n) is 2.44. The van der Waals surface area contributed by atoms with E-state index in [4.69, 9.17) is 4.74 Å². The molecule has 0 saturated carbocycles. The fraction of sp³-hybridized carbons (Fsp3) is 0.300. The number of amides is 2. The Balaban J connectivity index is 1.81. The van der Waals surface area contributed by atoms with E-state index in [0.717, 1.165) is 5.56 Å². The second kappa shape index (κ2) is 10.6. The molecule has 0 bridgehead atoms. The van der Waals surface area contributed by atoms with Gasteiger partial charge in [0.15, 0.2) is 9.84 Å². The topological polar surface area (TPSA) is 102 Å². The fourth-order valence-corrected chi connectivity index (χ4v) is 3.70. The molecule has 8 heteroatoms. The third kappa shape index (κ3) is 7.13. The molecule has 0 atom stereocenters. The van der Waals surface area contributed by atoms with E-state index in [9.17, 15) is 18.0 Å². The van der Waals surface area contributed by atoms with Gasteiger partial charge in [0.2, 0.25) is 11.8 Å². The molecule has 0 aromatic heterocycles. The monoisotopic (exact) mass is 404 g/mol. The van der Waals surface area contributed by atoms with E-state index in [1.54, 1.807) is 49.6 Å². The van der Waals surface area contributed by atoms with Crippen molar-refractivity contribution < 1.29 is 22.7 Å². The molecule has 0 unspecified atom stereocenters. The zero-order chi connectivity index (χ0) is 20.4. The molecule has 0 heterocycles. The summed E-state index contributed by atoms with van der Waals surface area (Å²) in [7, 11) is -1.93. The summed E-state index contributed by atoms with van der Waals surface area (Å²) >= 11 is 0. The van der Waals surface area contributed by atoms with E-state index in [1.165, 1.54) is 12.1 Å². The predicted octanol–water partition coefficient (Wildman–Crippen LogP) is 1.79. The number of rotatable bonds is 10. The molecule has 0 radical (unpaired) electrons. The number of nitrogens with one attached hydrogen (secondary N) is 2. The number of benzene rings is 2. The summed E-state index contributed by atoms with van der Waals surface area (Å²) in [5.74, 6) is -0.757. The molecule has 2 N–H and O–H groups in total. The average Bonchev–Trinajstić information content (AvgIpc) is 2.69. The second-order valence-corrected chi connectivity index (χ2v) is 8.26. The first kappa shape index (κ1) is 21.6. The lowest BCUT2D eigenvalue weighted by Crippen LogP contribution is -2.28. The molecular formula is C20H24N2O5S. The van der Waals surface area contributed by atoms with E-state index in [2.05, 4.69) is 10.6 Å². The Morgan fingerprint density at radius 1 is 0.964 bits per heavy atom. The maximum atomic E-state index is 12.2. The molecular weight excluding hydrogens is 380 g/mol. The third-order valence-corrected chi connectivity index (χ3v) is 5.66. The van der Waals surface area contributed by atoms with Gasteiger partial charge in [0.1, 0.15) is 0 Å². The van der Waals surface area contributed by atoms with E-state index < -0.39 is 9.84 Å². The minimum atomic E-state index is -3.49. The summed E-state index contributed by atoms with van der Waals surface area (Å²) in [5.41, 5.74) is 1.35. The van der Waals surface area contributed by atoms with Crippen LogP contribution < -0.4 is 10.6 Å². The van der Waals surface area contributed by atoms with Gasteiger partial charge < -0.3 is 15.4 Å². The second-order valence-electron chi connectivity index (χ2n) is 6.15. The Kier molecular flexibility index (Phi) is 8.16. The predicted molar refractivity (Wildman–Crippen MR) is 107 cm³/mol. The van der Waals surface area contributed by atoms with Crippen LogP contribution in [0.3, 0.4) is 0 Å². The van der Waals surface area contributed by atoms with Crippen LogP contribution in [0.5, 0.6) is 0 Å². The Hall–Kier alpha value is -2.71. The van der Waals surface area contributed by atoms with Gasteiger partial charge in [-0.25, -0.2) is 8.42 Å². The highest BCUT2D eigenvalue weighted by Gasteiger charge is 2.16. The van der Waals surface area contributed by atoms with Gasteiger partial charge in [0, 0.05) is 25.8 Å². The summed E-state index contributed by atoms with van der Waals surface area (Å²) in [6, 6.07) is 14.9. The minimum Gasteiger partial charge on any atom is -0.383 e. The number of ether oxygens (including phenoxy) is 1. The Bertz CT molecular complexity index is 881. The van der Waals surface area contributed by atoms with Gasteiger partial charge in [-0.3, -0.25) is 9.59 Å². The molecule has 0 spiro atoms. The Morgan fingerprint density at radius 3 is 2.29 bits per heavy atom. The molecule has 2 aromatic carbocycles. The van der Waals surface area contributed by atoms with E-state index in [1.807, 2.05) is 0 Å². The molecule has 0 fully saturated rings. The molecule has 2 aromatic rings. The van der Waals surface area contributed by atoms with E-state index in [-0.39, 0.29) is 35.3 Å². The van der Waals surface area contributed by atoms with Gasteiger partial charge in [0.05, 0.1) is 23.7 Å². The number of anilines is 1. The zero-order valence-corrected chi connectivity index (χ0v) is 16.5. The number of carbonyl (C=O) groups excluding carboxylic acids is 2. The van der Waals surface area contributed by atoms with Crippen LogP contribution in [0.4, 0.5) is 5.69 Å². The van der Waals surface area contributed by atoms with Gasteiger partial charge in [-0.05, 0) is 29.8 Å². The summed E-state index contributed by atoms with van der Waals surface area (Å²) in [4.78, 5) is 24.0. The summed E-state index contributed by atoms with van der Waals surface area (Å²) < 4.78 is 29.3. The van der Waals surface area contributed by atoms with E-state index >= 15 is 0 Å². The summed E-state index contributed by atoms with van der Waals surface area (Å²) in [6.45, 7) is 0.909. The van der Waals surface area contributed by atoms with Gasteiger partial charge in [-0.15, -0.1) is 0 Å². The third-order valence-electron chi connectivity index (χ3n) is 3.93. The van der Waals surface area contributed by atoms with Gasteiger partial charge in [-0.1, -0.05) is 30.3 Å². The lowest BCUT2D eigenvalue weighted by Gasteiger charge is -2.08. The Labute approximate surface area is 165 Å². The SMILES string of the molecule is COCCNC(=O)Cc1ccc(NC(=O)CCS(=O)(=O)c2ccccc2)cc1. The largest absolute Gasteiger partial charge is 0.383 e. The minimum absolute atomic E-state index is 0.111. The quantitative estimate of drug-likeness (QED) is 0.588. The van der Waals surface area contributed by atoms with Crippen molar-refractivity contribution in [2.45, 2.75) is 17.7 Å². The van der Waals surface area contributed by atoms with Gasteiger partial charge in [-0.2, -0.15) is 0 Å². The highest BCUT2D eigenvalue weighted by atomic mass is 32.2. The number of sulfone groups is 1. The van der Waals surface area contributed by atoms with Crippen LogP contribution in [0.1, 0.15) is 12.0 Å². The first-order chi connectivity index (χ1) is 13.4. The molecule has 0 saturated heterocycles. The molecule has 28 heavy (non-hydrogen) atoms. The van der Waals surface area contributed by atoms with Crippen LogP contribution in [-0.4, -0.2) is 46.2 Å². The van der Waals surface area contributed by atoms with Crippen LogP contribution >= 0.6 is 0 Å². The van der Waals surface area contributed by atoms with Crippen LogP contribution in [0, 0.1) is 0 Å². The van der Waals surface area contributed by atoms with Crippen molar-refractivity contribution in [3.05, 3.63) is 60.2 Å². The highest BCUT2D eigenvalue weighted by molar-refractivity contribution is 7.91. The lowest BCUT2D eigenvalue weighted by atomic mass is 10.1. The molecule has 0 aliphatic heterocycles. The van der Waals surface area contributed by atoms with Crippen molar-refractivity contribution in [3.63, 3.8) is 0 Å². The molecule has 150 valence electrons. The highest BCUT2D eigenvalue weighted by Crippen LogP contribution is 2.13. The molecule has 2 amide bonds. The normalized spacial score (nSPS) is 11.0. The number of hydrogen-bond donors (Lipinski definition) is 2. The van der Waals surface area contributed by atoms with Crippen molar-refractivity contribution in [1.29, 1.82) is 0 Å². The summed E-state index contributed by atoms with van der Waals surface area (Å²) in [5, 5.41) is 5.40. The molecule has 0 aliphatic carbocycles. The van der Waals surface area contributed by atoms with Crippen LogP contribution in [0.25, 0.3) is 0 Å². The summed E-state index contributed by atoms with van der Waals surface area (Å²) in [6.07, 6.45) is 0.0914. The van der Waals surface area contributed by atoms with Gasteiger partial charge >= 0.3 is 0 Å².